The molecule has 2 atom stereocenters. The Morgan fingerprint density at radius 2 is 0.651 bits per heavy atom. The number of hydrogen-bond donors (Lipinski definition) is 0. The maximum absolute atomic E-state index is 12.8. The van der Waals surface area contributed by atoms with Crippen LogP contribution in [0.15, 0.2) is 48.6 Å². The number of allylic oxidation sites excluding steroid dienone is 8. The average molecular weight is 1190 g/mol. The van der Waals surface area contributed by atoms with Crippen molar-refractivity contribution in [3.05, 3.63) is 48.6 Å². The Balaban J connectivity index is 3.87. The summed E-state index contributed by atoms with van der Waals surface area (Å²) in [5.41, 5.74) is 0. The normalized spacial score (nSPS) is 13.4. The number of phosphoric ester groups is 1. The Bertz CT molecular complexity index is 1540. The summed E-state index contributed by atoms with van der Waals surface area (Å²) in [4.78, 5) is 38.0. The maximum Gasteiger partial charge on any atom is 0.306 e. The van der Waals surface area contributed by atoms with Crippen molar-refractivity contribution in [3.8, 4) is 0 Å². The van der Waals surface area contributed by atoms with Gasteiger partial charge in [0.25, 0.3) is 7.82 Å². The lowest BCUT2D eigenvalue weighted by atomic mass is 10.0. The van der Waals surface area contributed by atoms with Gasteiger partial charge in [-0.05, 0) is 77.0 Å². The summed E-state index contributed by atoms with van der Waals surface area (Å²) in [6.45, 7) is 4.25. The van der Waals surface area contributed by atoms with E-state index in [0.717, 1.165) is 57.8 Å². The molecule has 0 amide bonds. The van der Waals surface area contributed by atoms with Gasteiger partial charge in [-0.25, -0.2) is 0 Å². The Kier molecular flexibility index (Phi) is 62.9. The van der Waals surface area contributed by atoms with Gasteiger partial charge < -0.3 is 27.9 Å². The Labute approximate surface area is 515 Å². The minimum absolute atomic E-state index is 0.0306. The molecule has 0 aromatic rings. The minimum atomic E-state index is -4.64. The predicted octanol–water partition coefficient (Wildman–Crippen LogP) is 22.6. The first-order valence-electron chi connectivity index (χ1n) is 35.8. The molecule has 0 saturated carbocycles. The Morgan fingerprint density at radius 3 is 0.964 bits per heavy atom. The molecule has 0 fully saturated rings. The number of esters is 2. The molecule has 0 saturated heterocycles. The highest BCUT2D eigenvalue weighted by Crippen LogP contribution is 2.38. The molecule has 0 aromatic heterocycles. The molecular formula is C73H138NO8P. The van der Waals surface area contributed by atoms with Gasteiger partial charge in [0.15, 0.2) is 6.10 Å². The zero-order valence-corrected chi connectivity index (χ0v) is 56.6. The molecule has 0 aliphatic rings. The average Bonchev–Trinajstić information content (AvgIpc) is 3.49. The molecule has 488 valence electrons. The van der Waals surface area contributed by atoms with Crippen LogP contribution in [-0.2, 0) is 32.7 Å². The number of nitrogens with zero attached hydrogens (tertiary/aromatic N) is 1. The third kappa shape index (κ3) is 68.9. The van der Waals surface area contributed by atoms with E-state index in [1.165, 1.54) is 263 Å². The summed E-state index contributed by atoms with van der Waals surface area (Å²) in [6, 6.07) is 0. The van der Waals surface area contributed by atoms with E-state index in [0.29, 0.717) is 17.4 Å². The number of quaternary nitrogens is 1. The van der Waals surface area contributed by atoms with E-state index in [1.54, 1.807) is 0 Å². The highest BCUT2D eigenvalue weighted by molar-refractivity contribution is 7.45. The maximum atomic E-state index is 12.8. The summed E-state index contributed by atoms with van der Waals surface area (Å²) in [7, 11) is 1.18. The highest BCUT2D eigenvalue weighted by Gasteiger charge is 2.22. The van der Waals surface area contributed by atoms with Crippen LogP contribution in [0.1, 0.15) is 354 Å². The van der Waals surface area contributed by atoms with Gasteiger partial charge in [-0.1, -0.05) is 313 Å². The fraction of sp³-hybridized carbons (Fsp3) is 0.863. The zero-order valence-electron chi connectivity index (χ0n) is 55.7. The van der Waals surface area contributed by atoms with E-state index in [4.69, 9.17) is 18.5 Å². The molecule has 0 spiro atoms. The van der Waals surface area contributed by atoms with Crippen LogP contribution in [0.5, 0.6) is 0 Å². The number of hydrogen-bond acceptors (Lipinski definition) is 8. The van der Waals surface area contributed by atoms with Crippen molar-refractivity contribution in [2.45, 2.75) is 360 Å². The molecule has 0 aliphatic heterocycles. The van der Waals surface area contributed by atoms with Crippen molar-refractivity contribution in [1.82, 2.24) is 0 Å². The van der Waals surface area contributed by atoms with Crippen LogP contribution < -0.4 is 4.89 Å². The molecule has 0 bridgehead atoms. The van der Waals surface area contributed by atoms with Gasteiger partial charge in [-0.3, -0.25) is 14.2 Å². The van der Waals surface area contributed by atoms with Crippen LogP contribution in [0.4, 0.5) is 0 Å². The van der Waals surface area contributed by atoms with Crippen LogP contribution in [0.2, 0.25) is 0 Å². The second-order valence-electron chi connectivity index (χ2n) is 25.6. The molecule has 10 heteroatoms. The standard InChI is InChI=1S/C73H138NO8P/c1-6-8-10-12-14-16-18-20-22-24-26-27-28-29-30-31-32-33-34-35-36-37-38-39-40-41-42-43-44-45-46-47-48-50-52-54-56-58-60-62-64-66-73(76)82-71(70-81-83(77,78)80-68-67-74(3,4)5)69-79-72(75)65-63-61-59-57-55-53-51-49-25-23-21-19-17-15-13-11-9-7-2/h17-20,23-26,71H,6-16,21-22,27-70H2,1-5H3/b19-17-,20-18-,25-23-,26-24-. The van der Waals surface area contributed by atoms with Crippen LogP contribution >= 0.6 is 7.82 Å². The second kappa shape index (κ2) is 64.4. The first-order chi connectivity index (χ1) is 40.5. The van der Waals surface area contributed by atoms with Crippen LogP contribution in [0, 0.1) is 0 Å². The Morgan fingerprint density at radius 1 is 0.373 bits per heavy atom. The lowest BCUT2D eigenvalue weighted by Gasteiger charge is -2.28. The minimum Gasteiger partial charge on any atom is -0.756 e. The van der Waals surface area contributed by atoms with Crippen molar-refractivity contribution >= 4 is 19.8 Å². The van der Waals surface area contributed by atoms with Gasteiger partial charge in [0, 0.05) is 12.8 Å². The largest absolute Gasteiger partial charge is 0.756 e. The van der Waals surface area contributed by atoms with E-state index in [-0.39, 0.29) is 32.0 Å². The summed E-state index contributed by atoms with van der Waals surface area (Å²) < 4.78 is 34.3. The van der Waals surface area contributed by atoms with Crippen molar-refractivity contribution < 1.29 is 42.1 Å². The lowest BCUT2D eigenvalue weighted by molar-refractivity contribution is -0.870. The Hall–Kier alpha value is -2.03. The summed E-state index contributed by atoms with van der Waals surface area (Å²) in [6.07, 6.45) is 83.6. The van der Waals surface area contributed by atoms with Crippen LogP contribution in [-0.4, -0.2) is 70.0 Å². The smallest absolute Gasteiger partial charge is 0.306 e. The van der Waals surface area contributed by atoms with E-state index >= 15 is 0 Å². The summed E-state index contributed by atoms with van der Waals surface area (Å²) >= 11 is 0. The van der Waals surface area contributed by atoms with E-state index in [1.807, 2.05) is 21.1 Å². The quantitative estimate of drug-likeness (QED) is 0.0195. The summed E-state index contributed by atoms with van der Waals surface area (Å²) in [5.74, 6) is -0.826. The number of carbonyl (C=O) groups is 2. The van der Waals surface area contributed by atoms with Gasteiger partial charge in [0.2, 0.25) is 0 Å². The first kappa shape index (κ1) is 81.0. The monoisotopic (exact) mass is 1190 g/mol. The van der Waals surface area contributed by atoms with Gasteiger partial charge in [0.1, 0.15) is 19.8 Å². The number of carbonyl (C=O) groups excluding carboxylic acids is 2. The number of ether oxygens (including phenoxy) is 2. The van der Waals surface area contributed by atoms with E-state index in [2.05, 4.69) is 62.5 Å². The molecule has 0 N–H and O–H groups in total. The lowest BCUT2D eigenvalue weighted by Crippen LogP contribution is -2.37. The highest BCUT2D eigenvalue weighted by atomic mass is 31.2. The molecule has 2 unspecified atom stereocenters. The van der Waals surface area contributed by atoms with E-state index < -0.39 is 26.5 Å². The molecule has 0 radical (unpaired) electrons. The molecule has 0 aromatic carbocycles. The number of phosphoric acid groups is 1. The molecule has 0 heterocycles. The number of unbranched alkanes of at least 4 members (excludes halogenated alkanes) is 45. The second-order valence-corrected chi connectivity index (χ2v) is 27.0. The molecule has 0 aliphatic carbocycles. The van der Waals surface area contributed by atoms with Crippen molar-refractivity contribution in [1.29, 1.82) is 0 Å². The molecular weight excluding hydrogens is 1050 g/mol. The molecule has 9 nitrogen and oxygen atoms in total. The van der Waals surface area contributed by atoms with Gasteiger partial charge in [-0.15, -0.1) is 0 Å². The van der Waals surface area contributed by atoms with Crippen molar-refractivity contribution in [3.63, 3.8) is 0 Å². The van der Waals surface area contributed by atoms with Gasteiger partial charge >= 0.3 is 11.9 Å². The third-order valence-electron chi connectivity index (χ3n) is 16.1. The van der Waals surface area contributed by atoms with Crippen LogP contribution in [0.25, 0.3) is 0 Å². The van der Waals surface area contributed by atoms with Crippen molar-refractivity contribution in [2.24, 2.45) is 0 Å². The number of likely N-dealkylation sites (N-methyl/N-ethyl adjacent to an activating group) is 1. The molecule has 83 heavy (non-hydrogen) atoms. The SMILES string of the molecule is CCCCCC/C=C\C/C=C\CCCCCCCCCC(=O)OCC(COP(=O)([O-])OCC[N+](C)(C)C)OC(=O)CCCCCCCCCCCCCCCCCCCCCCCCCCCCCCC/C=C\C/C=C\CCCCCCC. The first-order valence-corrected chi connectivity index (χ1v) is 37.3. The van der Waals surface area contributed by atoms with Crippen molar-refractivity contribution in [2.75, 3.05) is 47.5 Å². The number of rotatable bonds is 67. The topological polar surface area (TPSA) is 111 Å². The third-order valence-corrected chi connectivity index (χ3v) is 17.0. The van der Waals surface area contributed by atoms with Gasteiger partial charge in [-0.2, -0.15) is 0 Å². The predicted molar refractivity (Wildman–Crippen MR) is 356 cm³/mol. The summed E-state index contributed by atoms with van der Waals surface area (Å²) in [5, 5.41) is 0. The van der Waals surface area contributed by atoms with Crippen LogP contribution in [0.3, 0.4) is 0 Å². The fourth-order valence-electron chi connectivity index (χ4n) is 10.5. The zero-order chi connectivity index (χ0) is 60.5. The van der Waals surface area contributed by atoms with E-state index in [9.17, 15) is 19.0 Å². The molecule has 0 rings (SSSR count). The fourth-order valence-corrected chi connectivity index (χ4v) is 11.3. The van der Waals surface area contributed by atoms with Gasteiger partial charge in [0.05, 0.1) is 27.7 Å².